The molecular formula is C21H21Cl2N5O4S. The van der Waals surface area contributed by atoms with Crippen LogP contribution in [0.4, 0.5) is 5.82 Å². The standard InChI is InChI=1S/C21H21Cl2N5O4S/c1-31-9-15-21(30)27(8-12-2-3-13-14(6-12)25-11-26-20(13)24)4-5-28(15)18(29)10-32-16-7-17(22)33-19(16)23/h2-3,6-7,11,15H,4-5,8-10H2,1H3,(H2,24,25,26). The van der Waals surface area contributed by atoms with E-state index in [1.807, 2.05) is 18.2 Å². The second kappa shape index (κ2) is 10.1. The number of hydrogen-bond donors (Lipinski definition) is 1. The number of anilines is 1. The van der Waals surface area contributed by atoms with Crippen LogP contribution in [-0.2, 0) is 20.9 Å². The molecule has 12 heteroatoms. The molecule has 1 aliphatic rings. The van der Waals surface area contributed by atoms with Gasteiger partial charge in [0, 0.05) is 38.2 Å². The van der Waals surface area contributed by atoms with E-state index < -0.39 is 6.04 Å². The number of ether oxygens (including phenoxy) is 2. The van der Waals surface area contributed by atoms with E-state index >= 15 is 0 Å². The van der Waals surface area contributed by atoms with Crippen LogP contribution < -0.4 is 10.5 Å². The Bertz CT molecular complexity index is 1190. The van der Waals surface area contributed by atoms with Gasteiger partial charge in [0.15, 0.2) is 12.4 Å². The Hall–Kier alpha value is -2.66. The maximum Gasteiger partial charge on any atom is 0.261 e. The minimum absolute atomic E-state index is 0.0770. The normalized spacial score (nSPS) is 16.5. The predicted molar refractivity (Wildman–Crippen MR) is 127 cm³/mol. The first-order valence-corrected chi connectivity index (χ1v) is 11.6. The quantitative estimate of drug-likeness (QED) is 0.521. The highest BCUT2D eigenvalue weighted by molar-refractivity contribution is 7.20. The van der Waals surface area contributed by atoms with Crippen molar-refractivity contribution < 1.29 is 19.1 Å². The number of nitrogens with zero attached hydrogens (tertiary/aromatic N) is 4. The number of nitrogen functional groups attached to an aromatic ring is 1. The van der Waals surface area contributed by atoms with Gasteiger partial charge in [0.1, 0.15) is 22.5 Å². The van der Waals surface area contributed by atoms with Crippen molar-refractivity contribution in [2.24, 2.45) is 0 Å². The molecule has 174 valence electrons. The smallest absolute Gasteiger partial charge is 0.261 e. The van der Waals surface area contributed by atoms with Crippen LogP contribution in [0.2, 0.25) is 8.67 Å². The molecule has 1 aromatic carbocycles. The molecule has 2 aromatic heterocycles. The summed E-state index contributed by atoms with van der Waals surface area (Å²) < 4.78 is 11.6. The van der Waals surface area contributed by atoms with Crippen molar-refractivity contribution in [2.75, 3.05) is 39.1 Å². The lowest BCUT2D eigenvalue weighted by Crippen LogP contribution is -2.60. The largest absolute Gasteiger partial charge is 0.481 e. The van der Waals surface area contributed by atoms with E-state index in [4.69, 9.17) is 38.4 Å². The van der Waals surface area contributed by atoms with Gasteiger partial charge in [-0.15, -0.1) is 11.3 Å². The molecule has 0 saturated carbocycles. The van der Waals surface area contributed by atoms with Crippen LogP contribution in [0.1, 0.15) is 5.56 Å². The van der Waals surface area contributed by atoms with Crippen molar-refractivity contribution in [1.82, 2.24) is 19.8 Å². The fourth-order valence-corrected chi connectivity index (χ4v) is 5.06. The first-order chi connectivity index (χ1) is 15.9. The molecule has 1 atom stereocenters. The molecule has 1 unspecified atom stereocenters. The molecule has 1 fully saturated rings. The highest BCUT2D eigenvalue weighted by atomic mass is 35.5. The summed E-state index contributed by atoms with van der Waals surface area (Å²) in [6, 6.07) is 6.42. The lowest BCUT2D eigenvalue weighted by Gasteiger charge is -2.40. The van der Waals surface area contributed by atoms with E-state index in [2.05, 4.69) is 9.97 Å². The number of amides is 2. The molecule has 33 heavy (non-hydrogen) atoms. The number of fused-ring (bicyclic) bond motifs is 1. The van der Waals surface area contributed by atoms with Crippen molar-refractivity contribution in [3.63, 3.8) is 0 Å². The van der Waals surface area contributed by atoms with Gasteiger partial charge in [-0.2, -0.15) is 0 Å². The maximum absolute atomic E-state index is 13.2. The van der Waals surface area contributed by atoms with Crippen molar-refractivity contribution >= 4 is 63.1 Å². The zero-order valence-corrected chi connectivity index (χ0v) is 20.0. The second-order valence-electron chi connectivity index (χ2n) is 7.41. The summed E-state index contributed by atoms with van der Waals surface area (Å²) in [6.07, 6.45) is 1.41. The molecule has 1 saturated heterocycles. The van der Waals surface area contributed by atoms with Crippen LogP contribution in [0.5, 0.6) is 5.75 Å². The number of benzene rings is 1. The van der Waals surface area contributed by atoms with E-state index in [1.165, 1.54) is 18.3 Å². The van der Waals surface area contributed by atoms with Crippen molar-refractivity contribution in [2.45, 2.75) is 12.6 Å². The summed E-state index contributed by atoms with van der Waals surface area (Å²) in [6.45, 7) is 0.919. The van der Waals surface area contributed by atoms with Gasteiger partial charge in [-0.3, -0.25) is 9.59 Å². The van der Waals surface area contributed by atoms with E-state index in [-0.39, 0.29) is 25.0 Å². The van der Waals surface area contributed by atoms with E-state index in [0.717, 1.165) is 22.3 Å². The van der Waals surface area contributed by atoms with Gasteiger partial charge in [0.2, 0.25) is 5.91 Å². The topological polar surface area (TPSA) is 111 Å². The lowest BCUT2D eigenvalue weighted by atomic mass is 10.1. The number of methoxy groups -OCH3 is 1. The second-order valence-corrected chi connectivity index (χ2v) is 9.69. The van der Waals surface area contributed by atoms with E-state index in [1.54, 1.807) is 11.0 Å². The monoisotopic (exact) mass is 509 g/mol. The number of thiophene rings is 1. The summed E-state index contributed by atoms with van der Waals surface area (Å²) >= 11 is 13.1. The summed E-state index contributed by atoms with van der Waals surface area (Å²) in [4.78, 5) is 37.5. The Balaban J connectivity index is 1.44. The van der Waals surface area contributed by atoms with Crippen LogP contribution in [0, 0.1) is 0 Å². The van der Waals surface area contributed by atoms with Gasteiger partial charge in [-0.1, -0.05) is 29.3 Å². The third-order valence-corrected chi connectivity index (χ3v) is 6.76. The summed E-state index contributed by atoms with van der Waals surface area (Å²) in [7, 11) is 1.49. The van der Waals surface area contributed by atoms with Crippen LogP contribution in [-0.4, -0.2) is 71.0 Å². The predicted octanol–water partition coefficient (Wildman–Crippen LogP) is 2.85. The Kier molecular flexibility index (Phi) is 7.18. The fourth-order valence-electron chi connectivity index (χ4n) is 3.70. The average molecular weight is 510 g/mol. The van der Waals surface area contributed by atoms with Gasteiger partial charge < -0.3 is 25.0 Å². The molecule has 4 rings (SSSR count). The average Bonchev–Trinajstić information content (AvgIpc) is 3.12. The van der Waals surface area contributed by atoms with Crippen molar-refractivity contribution in [1.29, 1.82) is 0 Å². The Morgan fingerprint density at radius 3 is 2.82 bits per heavy atom. The van der Waals surface area contributed by atoms with Crippen LogP contribution in [0.15, 0.2) is 30.6 Å². The summed E-state index contributed by atoms with van der Waals surface area (Å²) in [5.74, 6) is 0.217. The third kappa shape index (κ3) is 5.14. The summed E-state index contributed by atoms with van der Waals surface area (Å²) in [5.41, 5.74) is 7.50. The van der Waals surface area contributed by atoms with Crippen LogP contribution in [0.3, 0.4) is 0 Å². The first-order valence-electron chi connectivity index (χ1n) is 10.0. The molecule has 2 N–H and O–H groups in total. The van der Waals surface area contributed by atoms with Crippen molar-refractivity contribution in [3.05, 3.63) is 44.8 Å². The minimum atomic E-state index is -0.750. The molecule has 0 bridgehead atoms. The number of hydrogen-bond acceptors (Lipinski definition) is 8. The number of halogens is 2. The van der Waals surface area contributed by atoms with Gasteiger partial charge in [-0.25, -0.2) is 9.97 Å². The van der Waals surface area contributed by atoms with Gasteiger partial charge in [-0.05, 0) is 17.7 Å². The third-order valence-electron chi connectivity index (χ3n) is 5.31. The number of aromatic nitrogens is 2. The number of nitrogens with two attached hydrogens (primary N) is 1. The molecule has 0 aliphatic carbocycles. The number of carbonyl (C=O) groups excluding carboxylic acids is 2. The van der Waals surface area contributed by atoms with Crippen molar-refractivity contribution in [3.8, 4) is 5.75 Å². The molecule has 3 heterocycles. The highest BCUT2D eigenvalue weighted by Gasteiger charge is 2.37. The molecule has 3 aromatic rings. The minimum Gasteiger partial charge on any atom is -0.481 e. The molecular weight excluding hydrogens is 489 g/mol. The maximum atomic E-state index is 13.2. The van der Waals surface area contributed by atoms with Crippen LogP contribution in [0.25, 0.3) is 10.9 Å². The zero-order valence-electron chi connectivity index (χ0n) is 17.7. The molecule has 2 amide bonds. The zero-order chi connectivity index (χ0) is 23.5. The van der Waals surface area contributed by atoms with E-state index in [9.17, 15) is 9.59 Å². The summed E-state index contributed by atoms with van der Waals surface area (Å²) in [5, 5.41) is 0.757. The number of piperazine rings is 1. The Morgan fingerprint density at radius 1 is 1.27 bits per heavy atom. The Morgan fingerprint density at radius 2 is 2.09 bits per heavy atom. The SMILES string of the molecule is COCC1C(=O)N(Cc2ccc3c(N)ncnc3c2)CCN1C(=O)COc1cc(Cl)sc1Cl. The van der Waals surface area contributed by atoms with E-state index in [0.29, 0.717) is 45.4 Å². The Labute approximate surface area is 204 Å². The van der Waals surface area contributed by atoms with Gasteiger partial charge >= 0.3 is 0 Å². The van der Waals surface area contributed by atoms with Gasteiger partial charge in [0.25, 0.3) is 5.91 Å². The molecule has 0 spiro atoms. The fraction of sp³-hybridized carbons (Fsp3) is 0.333. The first kappa shape index (κ1) is 23.5. The van der Waals surface area contributed by atoms with Gasteiger partial charge in [0.05, 0.1) is 16.5 Å². The molecule has 9 nitrogen and oxygen atoms in total. The van der Waals surface area contributed by atoms with Crippen LogP contribution >= 0.6 is 34.5 Å². The molecule has 1 aliphatic heterocycles. The highest BCUT2D eigenvalue weighted by Crippen LogP contribution is 2.37. The molecule has 0 radical (unpaired) electrons. The number of carbonyl (C=O) groups is 2. The lowest BCUT2D eigenvalue weighted by molar-refractivity contribution is -0.155. The number of rotatable bonds is 7.